The number of nitrogens with zero attached hydrogens (tertiary/aromatic N) is 2. The van der Waals surface area contributed by atoms with Gasteiger partial charge in [0.2, 0.25) is 0 Å². The van der Waals surface area contributed by atoms with Crippen molar-refractivity contribution >= 4 is 27.7 Å². The number of hydrogen-bond acceptors (Lipinski definition) is 3. The first-order valence-electron chi connectivity index (χ1n) is 10.3. The predicted molar refractivity (Wildman–Crippen MR) is 116 cm³/mol. The van der Waals surface area contributed by atoms with Gasteiger partial charge >= 0.3 is 0 Å². The van der Waals surface area contributed by atoms with Crippen LogP contribution >= 0.6 is 15.9 Å². The zero-order valence-corrected chi connectivity index (χ0v) is 18.2. The van der Waals surface area contributed by atoms with Gasteiger partial charge in [-0.15, -0.1) is 0 Å². The number of carbonyl (C=O) groups is 2. The molecule has 6 heteroatoms. The third-order valence-electron chi connectivity index (χ3n) is 5.80. The van der Waals surface area contributed by atoms with E-state index < -0.39 is 0 Å². The van der Waals surface area contributed by atoms with Crippen LogP contribution in [0.3, 0.4) is 0 Å². The van der Waals surface area contributed by atoms with E-state index in [2.05, 4.69) is 21.2 Å². The second-order valence-electron chi connectivity index (χ2n) is 8.12. The van der Waals surface area contributed by atoms with Crippen molar-refractivity contribution in [2.24, 2.45) is 5.92 Å². The molecule has 0 bridgehead atoms. The Morgan fingerprint density at radius 3 is 2.59 bits per heavy atom. The highest BCUT2D eigenvalue weighted by Crippen LogP contribution is 2.31. The number of benzene rings is 1. The highest BCUT2D eigenvalue weighted by molar-refractivity contribution is 9.10. The average molecular weight is 456 g/mol. The Balaban J connectivity index is 1.44. The number of halogens is 1. The number of nitrogens with one attached hydrogen (secondary N) is 1. The Morgan fingerprint density at radius 2 is 1.90 bits per heavy atom. The molecule has 29 heavy (non-hydrogen) atoms. The van der Waals surface area contributed by atoms with E-state index >= 15 is 0 Å². The summed E-state index contributed by atoms with van der Waals surface area (Å²) in [6.45, 7) is 4.07. The van der Waals surface area contributed by atoms with Gasteiger partial charge < -0.3 is 10.2 Å². The molecule has 0 spiro atoms. The van der Waals surface area contributed by atoms with E-state index in [-0.39, 0.29) is 17.7 Å². The molecule has 0 unspecified atom stereocenters. The van der Waals surface area contributed by atoms with Crippen LogP contribution in [0.25, 0.3) is 0 Å². The van der Waals surface area contributed by atoms with Crippen LogP contribution in [-0.2, 0) is 0 Å². The number of pyridine rings is 1. The minimum Gasteiger partial charge on any atom is -0.352 e. The van der Waals surface area contributed by atoms with Crippen molar-refractivity contribution in [3.8, 4) is 0 Å². The summed E-state index contributed by atoms with van der Waals surface area (Å²) in [6.07, 6.45) is 4.06. The molecule has 2 amide bonds. The Labute approximate surface area is 180 Å². The van der Waals surface area contributed by atoms with Crippen molar-refractivity contribution in [2.75, 3.05) is 19.6 Å². The molecule has 1 N–H and O–H groups in total. The minimum absolute atomic E-state index is 0.0213. The molecular formula is C23H26BrN3O2. The summed E-state index contributed by atoms with van der Waals surface area (Å²) in [7, 11) is 0. The van der Waals surface area contributed by atoms with Crippen molar-refractivity contribution in [3.05, 3.63) is 63.4 Å². The number of aromatic nitrogens is 1. The molecular weight excluding hydrogens is 430 g/mol. The smallest absolute Gasteiger partial charge is 0.253 e. The Morgan fingerprint density at radius 1 is 1.14 bits per heavy atom. The SMILES string of the molecule is Cc1ccc(C(=O)NCC2CC2)c(C2CCN(C(=O)c3cccc(Br)c3)CC2)n1. The van der Waals surface area contributed by atoms with Crippen LogP contribution in [0.15, 0.2) is 40.9 Å². The Hall–Kier alpha value is -2.21. The monoisotopic (exact) mass is 455 g/mol. The first kappa shape index (κ1) is 20.1. The number of piperidine rings is 1. The quantitative estimate of drug-likeness (QED) is 0.730. The molecule has 4 rings (SSSR count). The molecule has 2 aromatic rings. The molecule has 1 aliphatic heterocycles. The first-order chi connectivity index (χ1) is 14.0. The molecule has 1 aliphatic carbocycles. The average Bonchev–Trinajstić information content (AvgIpc) is 3.56. The normalized spacial score (nSPS) is 17.2. The van der Waals surface area contributed by atoms with E-state index in [0.29, 0.717) is 30.1 Å². The number of rotatable bonds is 5. The van der Waals surface area contributed by atoms with E-state index in [1.54, 1.807) is 0 Å². The maximum atomic E-state index is 12.8. The summed E-state index contributed by atoms with van der Waals surface area (Å²) in [5, 5.41) is 3.07. The van der Waals surface area contributed by atoms with Gasteiger partial charge in [0.05, 0.1) is 11.3 Å². The maximum Gasteiger partial charge on any atom is 0.253 e. The van der Waals surface area contributed by atoms with Gasteiger partial charge in [0.15, 0.2) is 0 Å². The molecule has 1 aromatic heterocycles. The van der Waals surface area contributed by atoms with Crippen LogP contribution in [0, 0.1) is 12.8 Å². The van der Waals surface area contributed by atoms with Crippen molar-refractivity contribution in [2.45, 2.75) is 38.5 Å². The first-order valence-corrected chi connectivity index (χ1v) is 11.1. The van der Waals surface area contributed by atoms with Crippen molar-refractivity contribution in [1.29, 1.82) is 0 Å². The topological polar surface area (TPSA) is 62.3 Å². The number of carbonyl (C=O) groups excluding carboxylic acids is 2. The van der Waals surface area contributed by atoms with E-state index in [1.165, 1.54) is 12.8 Å². The fourth-order valence-corrected chi connectivity index (χ4v) is 4.29. The number of aryl methyl sites for hydroxylation is 1. The molecule has 1 aromatic carbocycles. The molecule has 0 radical (unpaired) electrons. The molecule has 2 aliphatic rings. The van der Waals surface area contributed by atoms with Gasteiger partial charge in [0.1, 0.15) is 0 Å². The highest BCUT2D eigenvalue weighted by Gasteiger charge is 2.29. The van der Waals surface area contributed by atoms with E-state index in [1.807, 2.05) is 48.2 Å². The standard InChI is InChI=1S/C23H26BrN3O2/c1-15-5-8-20(22(28)25-14-16-6-7-16)21(26-15)17-9-11-27(12-10-17)23(29)18-3-2-4-19(24)13-18/h2-5,8,13,16-17H,6-7,9-12,14H2,1H3,(H,25,28). The van der Waals surface area contributed by atoms with Gasteiger partial charge in [0, 0.05) is 41.3 Å². The third kappa shape index (κ3) is 4.86. The second-order valence-corrected chi connectivity index (χ2v) is 9.03. The van der Waals surface area contributed by atoms with Gasteiger partial charge in [-0.2, -0.15) is 0 Å². The summed E-state index contributed by atoms with van der Waals surface area (Å²) < 4.78 is 0.907. The van der Waals surface area contributed by atoms with Crippen LogP contribution in [0.4, 0.5) is 0 Å². The van der Waals surface area contributed by atoms with Crippen molar-refractivity contribution < 1.29 is 9.59 Å². The van der Waals surface area contributed by atoms with Crippen LogP contribution in [-0.4, -0.2) is 41.3 Å². The van der Waals surface area contributed by atoms with Crippen LogP contribution in [0.2, 0.25) is 0 Å². The molecule has 2 fully saturated rings. The molecule has 0 atom stereocenters. The largest absolute Gasteiger partial charge is 0.352 e. The van der Waals surface area contributed by atoms with E-state index in [0.717, 1.165) is 35.2 Å². The maximum absolute atomic E-state index is 12.8. The van der Waals surface area contributed by atoms with Gasteiger partial charge in [-0.1, -0.05) is 22.0 Å². The van der Waals surface area contributed by atoms with Crippen LogP contribution in [0.1, 0.15) is 63.7 Å². The molecule has 1 saturated carbocycles. The van der Waals surface area contributed by atoms with Crippen molar-refractivity contribution in [3.63, 3.8) is 0 Å². The zero-order valence-electron chi connectivity index (χ0n) is 16.7. The number of hydrogen-bond donors (Lipinski definition) is 1. The summed E-state index contributed by atoms with van der Waals surface area (Å²) in [6, 6.07) is 11.3. The lowest BCUT2D eigenvalue weighted by atomic mass is 9.89. The number of likely N-dealkylation sites (tertiary alicyclic amines) is 1. The van der Waals surface area contributed by atoms with Gasteiger partial charge in [-0.05, 0) is 68.9 Å². The van der Waals surface area contributed by atoms with E-state index in [9.17, 15) is 9.59 Å². The molecule has 1 saturated heterocycles. The van der Waals surface area contributed by atoms with Crippen LogP contribution in [0.5, 0.6) is 0 Å². The predicted octanol–water partition coefficient (Wildman–Crippen LogP) is 4.31. The van der Waals surface area contributed by atoms with Gasteiger partial charge in [0.25, 0.3) is 11.8 Å². The summed E-state index contributed by atoms with van der Waals surface area (Å²) in [4.78, 5) is 32.2. The fourth-order valence-electron chi connectivity index (χ4n) is 3.89. The van der Waals surface area contributed by atoms with Gasteiger partial charge in [-0.3, -0.25) is 14.6 Å². The zero-order chi connectivity index (χ0) is 20.4. The third-order valence-corrected chi connectivity index (χ3v) is 6.29. The van der Waals surface area contributed by atoms with Gasteiger partial charge in [-0.25, -0.2) is 0 Å². The lowest BCUT2D eigenvalue weighted by Crippen LogP contribution is -2.38. The van der Waals surface area contributed by atoms with E-state index in [4.69, 9.17) is 4.98 Å². The molecule has 2 heterocycles. The van der Waals surface area contributed by atoms with Crippen LogP contribution < -0.4 is 5.32 Å². The lowest BCUT2D eigenvalue weighted by molar-refractivity contribution is 0.0710. The minimum atomic E-state index is -0.0213. The summed E-state index contributed by atoms with van der Waals surface area (Å²) in [5.74, 6) is 0.882. The Bertz CT molecular complexity index is 918. The highest BCUT2D eigenvalue weighted by atomic mass is 79.9. The summed E-state index contributed by atoms with van der Waals surface area (Å²) >= 11 is 3.43. The Kier molecular flexibility index (Phi) is 5.99. The fraction of sp³-hybridized carbons (Fsp3) is 0.435. The summed E-state index contributed by atoms with van der Waals surface area (Å²) in [5.41, 5.74) is 3.19. The van der Waals surface area contributed by atoms with Crippen molar-refractivity contribution in [1.82, 2.24) is 15.2 Å². The lowest BCUT2D eigenvalue weighted by Gasteiger charge is -2.32. The second kappa shape index (κ2) is 8.66. The number of amides is 2. The molecule has 152 valence electrons. The molecule has 5 nitrogen and oxygen atoms in total.